The maximum atomic E-state index is 11.4. The van der Waals surface area contributed by atoms with Crippen LogP contribution in [0.15, 0.2) is 24.3 Å². The number of hydrogen-bond donors (Lipinski definition) is 1. The third-order valence-electron chi connectivity index (χ3n) is 1.93. The quantitative estimate of drug-likeness (QED) is 0.751. The van der Waals surface area contributed by atoms with E-state index < -0.39 is 0 Å². The highest BCUT2D eigenvalue weighted by Crippen LogP contribution is 2.05. The van der Waals surface area contributed by atoms with Crippen LogP contribution in [-0.2, 0) is 6.42 Å². The van der Waals surface area contributed by atoms with Gasteiger partial charge in [-0.05, 0) is 31.0 Å². The molecule has 1 rings (SSSR count). The van der Waals surface area contributed by atoms with Crippen molar-refractivity contribution in [2.24, 2.45) is 0 Å². The minimum atomic E-state index is 0.0119. The van der Waals surface area contributed by atoms with Crippen LogP contribution in [0.5, 0.6) is 0 Å². The van der Waals surface area contributed by atoms with Gasteiger partial charge in [-0.15, -0.1) is 0 Å². The molecule has 0 aliphatic rings. The van der Waals surface area contributed by atoms with Crippen molar-refractivity contribution in [1.29, 1.82) is 0 Å². The third-order valence-corrected chi connectivity index (χ3v) is 1.93. The van der Waals surface area contributed by atoms with E-state index in [0.717, 1.165) is 12.0 Å². The molecular formula is C11H15NO. The van der Waals surface area contributed by atoms with E-state index in [1.54, 1.807) is 0 Å². The molecule has 70 valence electrons. The van der Waals surface area contributed by atoms with Gasteiger partial charge in [0.25, 0.3) is 5.91 Å². The molecule has 0 aliphatic heterocycles. The molecule has 1 aromatic carbocycles. The molecular weight excluding hydrogens is 162 g/mol. The molecule has 13 heavy (non-hydrogen) atoms. The molecule has 0 bridgehead atoms. The normalized spacial score (nSPS) is 9.69. The summed E-state index contributed by atoms with van der Waals surface area (Å²) in [4.78, 5) is 11.4. The van der Waals surface area contributed by atoms with Gasteiger partial charge in [-0.1, -0.05) is 19.1 Å². The first-order valence-electron chi connectivity index (χ1n) is 4.65. The van der Waals surface area contributed by atoms with Crippen LogP contribution >= 0.6 is 0 Å². The van der Waals surface area contributed by atoms with E-state index in [1.807, 2.05) is 31.2 Å². The molecule has 0 heterocycles. The largest absolute Gasteiger partial charge is 0.352 e. The summed E-state index contributed by atoms with van der Waals surface area (Å²) in [5.41, 5.74) is 1.95. The van der Waals surface area contributed by atoms with Crippen LogP contribution in [0.25, 0.3) is 0 Å². The average Bonchev–Trinajstić information content (AvgIpc) is 2.18. The summed E-state index contributed by atoms with van der Waals surface area (Å²) in [6.45, 7) is 4.67. The first-order valence-corrected chi connectivity index (χ1v) is 4.65. The van der Waals surface area contributed by atoms with E-state index in [1.165, 1.54) is 5.56 Å². The Morgan fingerprint density at radius 1 is 1.38 bits per heavy atom. The molecule has 0 spiro atoms. The average molecular weight is 177 g/mol. The minimum Gasteiger partial charge on any atom is -0.352 e. The first kappa shape index (κ1) is 9.78. The summed E-state index contributed by atoms with van der Waals surface area (Å²) in [7, 11) is 0. The van der Waals surface area contributed by atoms with E-state index in [4.69, 9.17) is 0 Å². The van der Waals surface area contributed by atoms with Gasteiger partial charge >= 0.3 is 0 Å². The molecule has 1 amide bonds. The van der Waals surface area contributed by atoms with Gasteiger partial charge < -0.3 is 5.32 Å². The summed E-state index contributed by atoms with van der Waals surface area (Å²) in [6, 6.07) is 7.72. The Morgan fingerprint density at radius 2 is 2.15 bits per heavy atom. The molecule has 0 fully saturated rings. The van der Waals surface area contributed by atoms with Crippen molar-refractivity contribution in [3.8, 4) is 0 Å². The molecule has 0 aromatic heterocycles. The third kappa shape index (κ3) is 2.58. The second-order valence-electron chi connectivity index (χ2n) is 2.91. The molecule has 0 unspecified atom stereocenters. The monoisotopic (exact) mass is 177 g/mol. The minimum absolute atomic E-state index is 0.0119. The number of rotatable bonds is 3. The second kappa shape index (κ2) is 4.65. The smallest absolute Gasteiger partial charge is 0.251 e. The van der Waals surface area contributed by atoms with Gasteiger partial charge in [0.1, 0.15) is 0 Å². The van der Waals surface area contributed by atoms with Gasteiger partial charge in [0, 0.05) is 12.1 Å². The van der Waals surface area contributed by atoms with Crippen molar-refractivity contribution in [3.05, 3.63) is 35.4 Å². The van der Waals surface area contributed by atoms with Crippen LogP contribution in [-0.4, -0.2) is 12.5 Å². The standard InChI is InChI=1S/C11H15NO/c1-3-9-6-5-7-10(8-9)11(13)12-4-2/h5-8H,3-4H2,1-2H3,(H,12,13). The van der Waals surface area contributed by atoms with Crippen LogP contribution in [0.2, 0.25) is 0 Å². The molecule has 1 aromatic rings. The Morgan fingerprint density at radius 3 is 2.77 bits per heavy atom. The highest BCUT2D eigenvalue weighted by molar-refractivity contribution is 5.94. The number of nitrogens with one attached hydrogen (secondary N) is 1. The van der Waals surface area contributed by atoms with E-state index in [-0.39, 0.29) is 5.91 Å². The van der Waals surface area contributed by atoms with Crippen molar-refractivity contribution in [3.63, 3.8) is 0 Å². The highest BCUT2D eigenvalue weighted by Gasteiger charge is 2.02. The number of benzene rings is 1. The van der Waals surface area contributed by atoms with Crippen molar-refractivity contribution in [2.45, 2.75) is 20.3 Å². The van der Waals surface area contributed by atoms with Gasteiger partial charge in [-0.3, -0.25) is 4.79 Å². The Labute approximate surface area is 79.0 Å². The fourth-order valence-corrected chi connectivity index (χ4v) is 1.20. The molecule has 0 atom stereocenters. The molecule has 0 saturated heterocycles. The molecule has 0 saturated carbocycles. The van der Waals surface area contributed by atoms with Gasteiger partial charge in [-0.25, -0.2) is 0 Å². The number of aryl methyl sites for hydroxylation is 1. The Bertz CT molecular complexity index is 294. The Kier molecular flexibility index (Phi) is 3.50. The number of carbonyl (C=O) groups is 1. The highest BCUT2D eigenvalue weighted by atomic mass is 16.1. The van der Waals surface area contributed by atoms with Gasteiger partial charge in [0.2, 0.25) is 0 Å². The van der Waals surface area contributed by atoms with Crippen molar-refractivity contribution in [1.82, 2.24) is 5.32 Å². The summed E-state index contributed by atoms with van der Waals surface area (Å²) < 4.78 is 0. The van der Waals surface area contributed by atoms with Crippen molar-refractivity contribution in [2.75, 3.05) is 6.54 Å². The molecule has 2 heteroatoms. The van der Waals surface area contributed by atoms with Gasteiger partial charge in [-0.2, -0.15) is 0 Å². The van der Waals surface area contributed by atoms with Crippen LogP contribution in [0.1, 0.15) is 29.8 Å². The van der Waals surface area contributed by atoms with Crippen LogP contribution < -0.4 is 5.32 Å². The lowest BCUT2D eigenvalue weighted by molar-refractivity contribution is 0.0955. The van der Waals surface area contributed by atoms with Crippen LogP contribution in [0.4, 0.5) is 0 Å². The van der Waals surface area contributed by atoms with Crippen LogP contribution in [0, 0.1) is 0 Å². The van der Waals surface area contributed by atoms with Crippen molar-refractivity contribution < 1.29 is 4.79 Å². The van der Waals surface area contributed by atoms with Crippen LogP contribution in [0.3, 0.4) is 0 Å². The lowest BCUT2D eigenvalue weighted by atomic mass is 10.1. The molecule has 1 N–H and O–H groups in total. The van der Waals surface area contributed by atoms with E-state index in [9.17, 15) is 4.79 Å². The Balaban J connectivity index is 2.82. The lowest BCUT2D eigenvalue weighted by Gasteiger charge is -2.03. The summed E-state index contributed by atoms with van der Waals surface area (Å²) in [6.07, 6.45) is 0.966. The first-order chi connectivity index (χ1) is 6.27. The SMILES string of the molecule is CCNC(=O)c1cccc(CC)c1. The zero-order chi connectivity index (χ0) is 9.68. The van der Waals surface area contributed by atoms with Gasteiger partial charge in [0.15, 0.2) is 0 Å². The topological polar surface area (TPSA) is 29.1 Å². The summed E-state index contributed by atoms with van der Waals surface area (Å²) in [5.74, 6) is 0.0119. The summed E-state index contributed by atoms with van der Waals surface area (Å²) in [5, 5.41) is 2.77. The zero-order valence-electron chi connectivity index (χ0n) is 8.13. The number of amides is 1. The van der Waals surface area contributed by atoms with E-state index in [2.05, 4.69) is 12.2 Å². The van der Waals surface area contributed by atoms with Gasteiger partial charge in [0.05, 0.1) is 0 Å². The fraction of sp³-hybridized carbons (Fsp3) is 0.364. The van der Waals surface area contributed by atoms with E-state index >= 15 is 0 Å². The Hall–Kier alpha value is -1.31. The molecule has 0 aliphatic carbocycles. The summed E-state index contributed by atoms with van der Waals surface area (Å²) >= 11 is 0. The molecule has 2 nitrogen and oxygen atoms in total. The fourth-order valence-electron chi connectivity index (χ4n) is 1.20. The van der Waals surface area contributed by atoms with Crippen molar-refractivity contribution >= 4 is 5.91 Å². The maximum absolute atomic E-state index is 11.4. The van der Waals surface area contributed by atoms with E-state index in [0.29, 0.717) is 6.54 Å². The predicted octanol–water partition coefficient (Wildman–Crippen LogP) is 2.00. The predicted molar refractivity (Wildman–Crippen MR) is 53.8 cm³/mol. The number of hydrogen-bond acceptors (Lipinski definition) is 1. The second-order valence-corrected chi connectivity index (χ2v) is 2.91. The molecule has 0 radical (unpaired) electrons. The zero-order valence-corrected chi connectivity index (χ0v) is 8.13. The number of carbonyl (C=O) groups excluding carboxylic acids is 1. The maximum Gasteiger partial charge on any atom is 0.251 e. The lowest BCUT2D eigenvalue weighted by Crippen LogP contribution is -2.22.